The van der Waals surface area contributed by atoms with Crippen LogP contribution in [0.2, 0.25) is 0 Å². The molecule has 0 bridgehead atoms. The molecular formula is C14H18N4O. The summed E-state index contributed by atoms with van der Waals surface area (Å²) >= 11 is 0. The Labute approximate surface area is 112 Å². The fraction of sp³-hybridized carbons (Fsp3) is 0.286. The first-order valence-corrected chi connectivity index (χ1v) is 6.17. The molecule has 0 aliphatic heterocycles. The first kappa shape index (κ1) is 13.3. The van der Waals surface area contributed by atoms with E-state index in [1.54, 1.807) is 19.0 Å². The third kappa shape index (κ3) is 3.66. The van der Waals surface area contributed by atoms with E-state index in [0.29, 0.717) is 13.1 Å². The summed E-state index contributed by atoms with van der Waals surface area (Å²) in [4.78, 5) is 13.0. The Morgan fingerprint density at radius 1 is 1.26 bits per heavy atom. The predicted octanol–water partition coefficient (Wildman–Crippen LogP) is 1.05. The van der Waals surface area contributed by atoms with Crippen LogP contribution in [0.25, 0.3) is 5.69 Å². The average molecular weight is 258 g/mol. The lowest BCUT2D eigenvalue weighted by Crippen LogP contribution is -2.32. The Bertz CT molecular complexity index is 533. The SMILES string of the molecule is CN(C)C(=O)CNCc1ccn(-c2ccccc2)n1. The number of carbonyl (C=O) groups excluding carboxylic acids is 1. The van der Waals surface area contributed by atoms with E-state index < -0.39 is 0 Å². The van der Waals surface area contributed by atoms with E-state index in [1.165, 1.54) is 0 Å². The largest absolute Gasteiger partial charge is 0.348 e. The zero-order chi connectivity index (χ0) is 13.7. The molecule has 0 saturated heterocycles. The molecule has 1 heterocycles. The smallest absolute Gasteiger partial charge is 0.236 e. The molecule has 0 unspecified atom stereocenters. The maximum Gasteiger partial charge on any atom is 0.236 e. The minimum atomic E-state index is 0.0579. The Morgan fingerprint density at radius 3 is 2.68 bits per heavy atom. The van der Waals surface area contributed by atoms with Crippen molar-refractivity contribution in [2.75, 3.05) is 20.6 Å². The lowest BCUT2D eigenvalue weighted by Gasteiger charge is -2.10. The summed E-state index contributed by atoms with van der Waals surface area (Å²) < 4.78 is 1.82. The van der Waals surface area contributed by atoms with Gasteiger partial charge in [-0.1, -0.05) is 18.2 Å². The van der Waals surface area contributed by atoms with E-state index in [1.807, 2.05) is 47.3 Å². The van der Waals surface area contributed by atoms with Gasteiger partial charge in [-0.2, -0.15) is 5.10 Å². The maximum absolute atomic E-state index is 11.4. The van der Waals surface area contributed by atoms with Gasteiger partial charge >= 0.3 is 0 Å². The van der Waals surface area contributed by atoms with Crippen molar-refractivity contribution in [3.8, 4) is 5.69 Å². The fourth-order valence-corrected chi connectivity index (χ4v) is 1.64. The van der Waals surface area contributed by atoms with Crippen molar-refractivity contribution in [3.05, 3.63) is 48.3 Å². The average Bonchev–Trinajstić information content (AvgIpc) is 2.88. The molecule has 2 aromatic rings. The van der Waals surface area contributed by atoms with Crippen molar-refractivity contribution < 1.29 is 4.79 Å². The van der Waals surface area contributed by atoms with Gasteiger partial charge in [-0.3, -0.25) is 4.79 Å². The molecule has 0 radical (unpaired) electrons. The standard InChI is InChI=1S/C14H18N4O/c1-17(2)14(19)11-15-10-12-8-9-18(16-12)13-6-4-3-5-7-13/h3-9,15H,10-11H2,1-2H3. The summed E-state index contributed by atoms with van der Waals surface area (Å²) in [6.07, 6.45) is 1.92. The predicted molar refractivity (Wildman–Crippen MR) is 74.0 cm³/mol. The minimum Gasteiger partial charge on any atom is -0.348 e. The van der Waals surface area contributed by atoms with Crippen LogP contribution in [0, 0.1) is 0 Å². The van der Waals surface area contributed by atoms with Crippen LogP contribution in [-0.4, -0.2) is 41.2 Å². The van der Waals surface area contributed by atoms with Crippen LogP contribution in [0.5, 0.6) is 0 Å². The summed E-state index contributed by atoms with van der Waals surface area (Å²) in [7, 11) is 3.49. The van der Waals surface area contributed by atoms with Gasteiger partial charge in [0.1, 0.15) is 0 Å². The molecule has 5 nitrogen and oxygen atoms in total. The number of aromatic nitrogens is 2. The Hall–Kier alpha value is -2.14. The highest BCUT2D eigenvalue weighted by atomic mass is 16.2. The van der Waals surface area contributed by atoms with Crippen LogP contribution in [0.4, 0.5) is 0 Å². The zero-order valence-corrected chi connectivity index (χ0v) is 11.2. The van der Waals surface area contributed by atoms with Gasteiger partial charge in [0.05, 0.1) is 17.9 Å². The lowest BCUT2D eigenvalue weighted by molar-refractivity contribution is -0.127. The second-order valence-corrected chi connectivity index (χ2v) is 4.48. The monoisotopic (exact) mass is 258 g/mol. The highest BCUT2D eigenvalue weighted by Gasteiger charge is 2.04. The molecule has 1 N–H and O–H groups in total. The van der Waals surface area contributed by atoms with Crippen LogP contribution in [0.15, 0.2) is 42.6 Å². The van der Waals surface area contributed by atoms with Gasteiger partial charge in [-0.25, -0.2) is 4.68 Å². The molecule has 1 aromatic carbocycles. The molecule has 0 saturated carbocycles. The number of hydrogen-bond acceptors (Lipinski definition) is 3. The van der Waals surface area contributed by atoms with Gasteiger partial charge in [0.2, 0.25) is 5.91 Å². The third-order valence-electron chi connectivity index (χ3n) is 2.75. The Kier molecular flexibility index (Phi) is 4.30. The summed E-state index contributed by atoms with van der Waals surface area (Å²) in [5.41, 5.74) is 1.94. The summed E-state index contributed by atoms with van der Waals surface area (Å²) in [5.74, 6) is 0.0579. The van der Waals surface area contributed by atoms with E-state index in [-0.39, 0.29) is 5.91 Å². The minimum absolute atomic E-state index is 0.0579. The van der Waals surface area contributed by atoms with E-state index in [9.17, 15) is 4.79 Å². The number of benzene rings is 1. The number of nitrogens with zero attached hydrogens (tertiary/aromatic N) is 3. The molecule has 2 rings (SSSR count). The molecule has 1 amide bonds. The van der Waals surface area contributed by atoms with Gasteiger partial charge in [-0.15, -0.1) is 0 Å². The second-order valence-electron chi connectivity index (χ2n) is 4.48. The molecule has 0 spiro atoms. The van der Waals surface area contributed by atoms with Crippen LogP contribution in [0.3, 0.4) is 0 Å². The zero-order valence-electron chi connectivity index (χ0n) is 11.2. The number of likely N-dealkylation sites (N-methyl/N-ethyl adjacent to an activating group) is 1. The molecule has 1 aromatic heterocycles. The second kappa shape index (κ2) is 6.15. The Balaban J connectivity index is 1.90. The Morgan fingerprint density at radius 2 is 2.00 bits per heavy atom. The quantitative estimate of drug-likeness (QED) is 0.872. The molecule has 0 aliphatic carbocycles. The first-order valence-electron chi connectivity index (χ1n) is 6.17. The molecule has 19 heavy (non-hydrogen) atoms. The van der Waals surface area contributed by atoms with Crippen molar-refractivity contribution >= 4 is 5.91 Å². The van der Waals surface area contributed by atoms with Crippen molar-refractivity contribution in [3.63, 3.8) is 0 Å². The van der Waals surface area contributed by atoms with Crippen LogP contribution >= 0.6 is 0 Å². The molecule has 5 heteroatoms. The van der Waals surface area contributed by atoms with Crippen molar-refractivity contribution in [1.82, 2.24) is 20.0 Å². The maximum atomic E-state index is 11.4. The normalized spacial score (nSPS) is 10.4. The van der Waals surface area contributed by atoms with E-state index in [4.69, 9.17) is 0 Å². The third-order valence-corrected chi connectivity index (χ3v) is 2.75. The number of rotatable bonds is 5. The number of hydrogen-bond donors (Lipinski definition) is 1. The van der Waals surface area contributed by atoms with Crippen LogP contribution in [-0.2, 0) is 11.3 Å². The van der Waals surface area contributed by atoms with E-state index >= 15 is 0 Å². The highest BCUT2D eigenvalue weighted by molar-refractivity contribution is 5.77. The van der Waals surface area contributed by atoms with Gasteiger partial charge in [0.15, 0.2) is 0 Å². The van der Waals surface area contributed by atoms with Gasteiger partial charge in [-0.05, 0) is 18.2 Å². The van der Waals surface area contributed by atoms with Crippen LogP contribution in [0.1, 0.15) is 5.69 Å². The highest BCUT2D eigenvalue weighted by Crippen LogP contribution is 2.06. The van der Waals surface area contributed by atoms with Gasteiger partial charge in [0.25, 0.3) is 0 Å². The summed E-state index contributed by atoms with van der Waals surface area (Å²) in [6.45, 7) is 0.907. The van der Waals surface area contributed by atoms with Crippen molar-refractivity contribution in [1.29, 1.82) is 0 Å². The molecule has 0 fully saturated rings. The summed E-state index contributed by atoms with van der Waals surface area (Å²) in [6, 6.07) is 11.9. The number of carbonyl (C=O) groups is 1. The van der Waals surface area contributed by atoms with Gasteiger partial charge in [0, 0.05) is 26.8 Å². The van der Waals surface area contributed by atoms with E-state index in [0.717, 1.165) is 11.4 Å². The number of para-hydroxylation sites is 1. The number of nitrogens with one attached hydrogen (secondary N) is 1. The molecule has 0 atom stereocenters. The van der Waals surface area contributed by atoms with E-state index in [2.05, 4.69) is 10.4 Å². The molecular weight excluding hydrogens is 240 g/mol. The molecule has 100 valence electrons. The number of amides is 1. The van der Waals surface area contributed by atoms with Gasteiger partial charge < -0.3 is 10.2 Å². The van der Waals surface area contributed by atoms with Crippen molar-refractivity contribution in [2.24, 2.45) is 0 Å². The lowest BCUT2D eigenvalue weighted by atomic mass is 10.3. The van der Waals surface area contributed by atoms with Crippen molar-refractivity contribution in [2.45, 2.75) is 6.54 Å². The summed E-state index contributed by atoms with van der Waals surface area (Å²) in [5, 5.41) is 7.53. The fourth-order valence-electron chi connectivity index (χ4n) is 1.64. The van der Waals surface area contributed by atoms with Crippen LogP contribution < -0.4 is 5.32 Å². The first-order chi connectivity index (χ1) is 9.16. The molecule has 0 aliphatic rings. The topological polar surface area (TPSA) is 50.2 Å².